The molecule has 0 spiro atoms. The minimum atomic E-state index is 0. The van der Waals surface area contributed by atoms with Gasteiger partial charge in [0.1, 0.15) is 0 Å². The lowest BCUT2D eigenvalue weighted by Crippen LogP contribution is -2.36. The molecule has 0 saturated carbocycles. The molecule has 0 radical (unpaired) electrons. The van der Waals surface area contributed by atoms with Crippen molar-refractivity contribution in [3.05, 3.63) is 51.7 Å². The standard InChI is InChI=1S/C16H21N3S2.HI/c1-12-6-7-13(15(9-12)20-3)10-18-16(17-2)19-11-14-5-4-8-21-14;/h4-9H,10-11H2,1-3H3,(H2,17,18,19);1H. The molecule has 0 aliphatic carbocycles. The molecule has 120 valence electrons. The highest BCUT2D eigenvalue weighted by atomic mass is 127. The van der Waals surface area contributed by atoms with Gasteiger partial charge in [-0.15, -0.1) is 47.1 Å². The van der Waals surface area contributed by atoms with Gasteiger partial charge in [-0.2, -0.15) is 0 Å². The van der Waals surface area contributed by atoms with Crippen molar-refractivity contribution in [2.24, 2.45) is 4.99 Å². The Kier molecular flexibility index (Phi) is 8.89. The van der Waals surface area contributed by atoms with Gasteiger partial charge in [0, 0.05) is 23.4 Å². The minimum Gasteiger partial charge on any atom is -0.352 e. The molecule has 0 aliphatic rings. The van der Waals surface area contributed by atoms with Crippen LogP contribution in [0.25, 0.3) is 0 Å². The quantitative estimate of drug-likeness (QED) is 0.311. The summed E-state index contributed by atoms with van der Waals surface area (Å²) in [6, 6.07) is 10.7. The number of hydrogen-bond donors (Lipinski definition) is 2. The number of nitrogens with zero attached hydrogens (tertiary/aromatic N) is 1. The van der Waals surface area contributed by atoms with E-state index in [2.05, 4.69) is 64.5 Å². The van der Waals surface area contributed by atoms with Crippen molar-refractivity contribution in [1.29, 1.82) is 0 Å². The van der Waals surface area contributed by atoms with Crippen LogP contribution in [0.15, 0.2) is 45.6 Å². The molecular formula is C16H22IN3S2. The Morgan fingerprint density at radius 1 is 1.23 bits per heavy atom. The summed E-state index contributed by atoms with van der Waals surface area (Å²) in [6.07, 6.45) is 2.11. The summed E-state index contributed by atoms with van der Waals surface area (Å²) in [6.45, 7) is 3.71. The summed E-state index contributed by atoms with van der Waals surface area (Å²) in [7, 11) is 1.80. The fourth-order valence-electron chi connectivity index (χ4n) is 1.98. The first-order valence-electron chi connectivity index (χ1n) is 6.83. The minimum absolute atomic E-state index is 0. The van der Waals surface area contributed by atoms with Crippen LogP contribution in [0.1, 0.15) is 16.0 Å². The van der Waals surface area contributed by atoms with Gasteiger partial charge in [0.2, 0.25) is 0 Å². The predicted molar refractivity (Wildman–Crippen MR) is 110 cm³/mol. The number of thioether (sulfide) groups is 1. The Morgan fingerprint density at radius 2 is 2.00 bits per heavy atom. The van der Waals surface area contributed by atoms with Crippen molar-refractivity contribution in [2.75, 3.05) is 13.3 Å². The van der Waals surface area contributed by atoms with Gasteiger partial charge in [-0.05, 0) is 41.8 Å². The fourth-order valence-corrected chi connectivity index (χ4v) is 3.33. The van der Waals surface area contributed by atoms with E-state index < -0.39 is 0 Å². The van der Waals surface area contributed by atoms with Crippen molar-refractivity contribution < 1.29 is 0 Å². The van der Waals surface area contributed by atoms with E-state index in [-0.39, 0.29) is 24.0 Å². The molecule has 0 amide bonds. The lowest BCUT2D eigenvalue weighted by atomic mass is 10.1. The van der Waals surface area contributed by atoms with E-state index in [4.69, 9.17) is 0 Å². The van der Waals surface area contributed by atoms with Crippen LogP contribution < -0.4 is 10.6 Å². The number of benzene rings is 1. The second-order valence-corrected chi connectivity index (χ2v) is 6.55. The molecule has 3 nitrogen and oxygen atoms in total. The highest BCUT2D eigenvalue weighted by Gasteiger charge is 2.04. The topological polar surface area (TPSA) is 36.4 Å². The van der Waals surface area contributed by atoms with Gasteiger partial charge in [-0.1, -0.05) is 18.2 Å². The summed E-state index contributed by atoms with van der Waals surface area (Å²) in [5.41, 5.74) is 2.59. The van der Waals surface area contributed by atoms with E-state index >= 15 is 0 Å². The second-order valence-electron chi connectivity index (χ2n) is 4.67. The summed E-state index contributed by atoms with van der Waals surface area (Å²) in [5.74, 6) is 0.830. The van der Waals surface area contributed by atoms with Gasteiger partial charge in [0.25, 0.3) is 0 Å². The maximum Gasteiger partial charge on any atom is 0.191 e. The first-order valence-corrected chi connectivity index (χ1v) is 8.94. The number of aryl methyl sites for hydroxylation is 1. The highest BCUT2D eigenvalue weighted by molar-refractivity contribution is 14.0. The largest absolute Gasteiger partial charge is 0.352 e. The summed E-state index contributed by atoms with van der Waals surface area (Å²) in [4.78, 5) is 6.89. The van der Waals surface area contributed by atoms with Gasteiger partial charge < -0.3 is 10.6 Å². The Labute approximate surface area is 158 Å². The Bertz CT molecular complexity index is 597. The third-order valence-corrected chi connectivity index (χ3v) is 4.82. The van der Waals surface area contributed by atoms with Crippen molar-refractivity contribution in [2.45, 2.75) is 24.9 Å². The summed E-state index contributed by atoms with van der Waals surface area (Å²) >= 11 is 3.53. The van der Waals surface area contributed by atoms with E-state index in [0.29, 0.717) is 0 Å². The van der Waals surface area contributed by atoms with Gasteiger partial charge in [-0.25, -0.2) is 0 Å². The zero-order valence-electron chi connectivity index (χ0n) is 13.1. The molecule has 22 heavy (non-hydrogen) atoms. The van der Waals surface area contributed by atoms with Gasteiger partial charge in [0.05, 0.1) is 6.54 Å². The molecule has 1 aromatic heterocycles. The molecule has 1 aromatic carbocycles. The molecule has 0 fully saturated rings. The van der Waals surface area contributed by atoms with E-state index in [0.717, 1.165) is 19.0 Å². The molecular weight excluding hydrogens is 425 g/mol. The smallest absolute Gasteiger partial charge is 0.191 e. The molecule has 0 unspecified atom stereocenters. The van der Waals surface area contributed by atoms with Crippen LogP contribution >= 0.6 is 47.1 Å². The maximum absolute atomic E-state index is 4.27. The molecule has 0 aliphatic heterocycles. The number of hydrogen-bond acceptors (Lipinski definition) is 3. The molecule has 2 N–H and O–H groups in total. The van der Waals surface area contributed by atoms with Crippen LogP contribution in [0.2, 0.25) is 0 Å². The molecule has 1 heterocycles. The third kappa shape index (κ3) is 5.81. The number of nitrogens with one attached hydrogen (secondary N) is 2. The third-order valence-electron chi connectivity index (χ3n) is 3.12. The van der Waals surface area contributed by atoms with Crippen molar-refractivity contribution in [3.63, 3.8) is 0 Å². The lowest BCUT2D eigenvalue weighted by molar-refractivity contribution is 0.807. The lowest BCUT2D eigenvalue weighted by Gasteiger charge is -2.13. The number of thiophene rings is 1. The number of rotatable bonds is 5. The average Bonchev–Trinajstić information content (AvgIpc) is 3.01. The predicted octanol–water partition coefficient (Wildman–Crippen LogP) is 4.26. The first-order chi connectivity index (χ1) is 10.2. The molecule has 0 bridgehead atoms. The van der Waals surface area contributed by atoms with E-state index in [1.807, 2.05) is 0 Å². The zero-order chi connectivity index (χ0) is 15.1. The molecule has 0 saturated heterocycles. The van der Waals surface area contributed by atoms with E-state index in [1.54, 1.807) is 30.1 Å². The van der Waals surface area contributed by atoms with Crippen LogP contribution in [0.3, 0.4) is 0 Å². The molecule has 6 heteroatoms. The monoisotopic (exact) mass is 447 g/mol. The second kappa shape index (κ2) is 10.1. The van der Waals surface area contributed by atoms with Crippen molar-refractivity contribution >= 4 is 53.0 Å². The van der Waals surface area contributed by atoms with Crippen LogP contribution in [0.5, 0.6) is 0 Å². The van der Waals surface area contributed by atoms with Crippen LogP contribution in [-0.4, -0.2) is 19.3 Å². The van der Waals surface area contributed by atoms with E-state index in [1.165, 1.54) is 20.9 Å². The van der Waals surface area contributed by atoms with E-state index in [9.17, 15) is 0 Å². The van der Waals surface area contributed by atoms with Crippen LogP contribution in [0.4, 0.5) is 0 Å². The van der Waals surface area contributed by atoms with Gasteiger partial charge >= 0.3 is 0 Å². The Balaban J connectivity index is 0.00000242. The van der Waals surface area contributed by atoms with Crippen LogP contribution in [-0.2, 0) is 13.1 Å². The highest BCUT2D eigenvalue weighted by Crippen LogP contribution is 2.21. The van der Waals surface area contributed by atoms with Crippen molar-refractivity contribution in [1.82, 2.24) is 10.6 Å². The van der Waals surface area contributed by atoms with Gasteiger partial charge in [-0.3, -0.25) is 4.99 Å². The van der Waals surface area contributed by atoms with Gasteiger partial charge in [0.15, 0.2) is 5.96 Å². The normalized spacial score (nSPS) is 11.0. The molecule has 0 atom stereocenters. The first kappa shape index (κ1) is 19.3. The zero-order valence-corrected chi connectivity index (χ0v) is 17.0. The maximum atomic E-state index is 4.27. The number of halogens is 1. The summed E-state index contributed by atoms with van der Waals surface area (Å²) < 4.78 is 0. The SMILES string of the molecule is CN=C(NCc1cccs1)NCc1ccc(C)cc1SC.I. The average molecular weight is 447 g/mol. The summed E-state index contributed by atoms with van der Waals surface area (Å²) in [5, 5.41) is 8.79. The van der Waals surface area contributed by atoms with Crippen LogP contribution in [0, 0.1) is 6.92 Å². The number of aliphatic imine (C=N–C) groups is 1. The number of guanidine groups is 1. The Morgan fingerprint density at radius 3 is 2.64 bits per heavy atom. The Hall–Kier alpha value is -0.730. The van der Waals surface area contributed by atoms with Crippen molar-refractivity contribution in [3.8, 4) is 0 Å². The molecule has 2 aromatic rings. The fraction of sp³-hybridized carbons (Fsp3) is 0.312. The molecule has 2 rings (SSSR count).